The molecular formula is C15H31N3O3. The van der Waals surface area contributed by atoms with Crippen LogP contribution in [0.5, 0.6) is 0 Å². The molecule has 1 aliphatic heterocycles. The van der Waals surface area contributed by atoms with Crippen LogP contribution in [-0.4, -0.2) is 61.5 Å². The quantitative estimate of drug-likeness (QED) is 0.801. The van der Waals surface area contributed by atoms with Crippen molar-refractivity contribution in [2.45, 2.75) is 64.3 Å². The van der Waals surface area contributed by atoms with Crippen LogP contribution in [0.1, 0.15) is 40.5 Å². The maximum Gasteiger partial charge on any atom is 0.407 e. The molecule has 0 saturated carbocycles. The Morgan fingerprint density at radius 1 is 1.43 bits per heavy atom. The number of likely N-dealkylation sites (N-methyl/N-ethyl adjacent to an activating group) is 1. The SMILES string of the molecule is CC(NC(=O)OC(C)(C)C)C(CN)N(C)C1CCOCC1. The molecule has 0 aromatic carbocycles. The van der Waals surface area contributed by atoms with Gasteiger partial charge in [0.15, 0.2) is 0 Å². The molecule has 0 aliphatic carbocycles. The molecule has 1 amide bonds. The van der Waals surface area contributed by atoms with Gasteiger partial charge in [-0.2, -0.15) is 0 Å². The highest BCUT2D eigenvalue weighted by atomic mass is 16.6. The summed E-state index contributed by atoms with van der Waals surface area (Å²) < 4.78 is 10.7. The van der Waals surface area contributed by atoms with Crippen molar-refractivity contribution in [3.8, 4) is 0 Å². The maximum absolute atomic E-state index is 11.9. The van der Waals surface area contributed by atoms with Crippen molar-refractivity contribution in [3.05, 3.63) is 0 Å². The Morgan fingerprint density at radius 3 is 2.48 bits per heavy atom. The van der Waals surface area contributed by atoms with E-state index in [0.717, 1.165) is 26.1 Å². The first-order chi connectivity index (χ1) is 9.74. The lowest BCUT2D eigenvalue weighted by Gasteiger charge is -2.39. The molecule has 0 aromatic rings. The zero-order valence-corrected chi connectivity index (χ0v) is 14.0. The number of nitrogens with zero attached hydrogens (tertiary/aromatic N) is 1. The number of ether oxygens (including phenoxy) is 2. The molecule has 21 heavy (non-hydrogen) atoms. The molecule has 6 heteroatoms. The van der Waals surface area contributed by atoms with Crippen LogP contribution in [0.3, 0.4) is 0 Å². The van der Waals surface area contributed by atoms with Crippen LogP contribution >= 0.6 is 0 Å². The van der Waals surface area contributed by atoms with Gasteiger partial charge in [0.05, 0.1) is 0 Å². The Labute approximate surface area is 128 Å². The van der Waals surface area contributed by atoms with Crippen molar-refractivity contribution < 1.29 is 14.3 Å². The van der Waals surface area contributed by atoms with Crippen molar-refractivity contribution in [1.29, 1.82) is 0 Å². The molecule has 0 aromatic heterocycles. The zero-order valence-electron chi connectivity index (χ0n) is 14.0. The van der Waals surface area contributed by atoms with Gasteiger partial charge in [-0.1, -0.05) is 0 Å². The van der Waals surface area contributed by atoms with Gasteiger partial charge in [0.2, 0.25) is 0 Å². The summed E-state index contributed by atoms with van der Waals surface area (Å²) in [5.41, 5.74) is 5.43. The topological polar surface area (TPSA) is 76.8 Å². The molecule has 0 spiro atoms. The van der Waals surface area contributed by atoms with E-state index in [9.17, 15) is 4.79 Å². The molecule has 3 N–H and O–H groups in total. The fourth-order valence-electron chi connectivity index (χ4n) is 2.68. The molecule has 1 rings (SSSR count). The van der Waals surface area contributed by atoms with E-state index in [0.29, 0.717) is 12.6 Å². The van der Waals surface area contributed by atoms with E-state index in [4.69, 9.17) is 15.2 Å². The molecule has 6 nitrogen and oxygen atoms in total. The minimum atomic E-state index is -0.491. The zero-order chi connectivity index (χ0) is 16.0. The van der Waals surface area contributed by atoms with Gasteiger partial charge in [-0.05, 0) is 47.6 Å². The number of carbonyl (C=O) groups is 1. The van der Waals surface area contributed by atoms with Gasteiger partial charge >= 0.3 is 6.09 Å². The molecule has 1 saturated heterocycles. The molecule has 0 radical (unpaired) electrons. The van der Waals surface area contributed by atoms with Crippen LogP contribution in [0, 0.1) is 0 Å². The Hall–Kier alpha value is -0.850. The average molecular weight is 301 g/mol. The van der Waals surface area contributed by atoms with Gasteiger partial charge in [-0.3, -0.25) is 4.90 Å². The smallest absolute Gasteiger partial charge is 0.407 e. The monoisotopic (exact) mass is 301 g/mol. The second kappa shape index (κ2) is 7.96. The first-order valence-corrected chi connectivity index (χ1v) is 7.74. The van der Waals surface area contributed by atoms with Gasteiger partial charge in [0.25, 0.3) is 0 Å². The number of hydrogen-bond donors (Lipinski definition) is 2. The molecule has 0 bridgehead atoms. The summed E-state index contributed by atoms with van der Waals surface area (Å²) in [5.74, 6) is 0. The minimum Gasteiger partial charge on any atom is -0.444 e. The molecular weight excluding hydrogens is 270 g/mol. The fraction of sp³-hybridized carbons (Fsp3) is 0.933. The number of nitrogens with two attached hydrogens (primary N) is 1. The third-order valence-electron chi connectivity index (χ3n) is 3.85. The molecule has 2 atom stereocenters. The van der Waals surface area contributed by atoms with Crippen LogP contribution < -0.4 is 11.1 Å². The Kier molecular flexibility index (Phi) is 6.90. The summed E-state index contributed by atoms with van der Waals surface area (Å²) in [6, 6.07) is 0.466. The molecule has 1 fully saturated rings. The molecule has 2 unspecified atom stereocenters. The van der Waals surface area contributed by atoms with E-state index >= 15 is 0 Å². The lowest BCUT2D eigenvalue weighted by molar-refractivity contribution is 0.0201. The van der Waals surface area contributed by atoms with Crippen LogP contribution in [0.15, 0.2) is 0 Å². The summed E-state index contributed by atoms with van der Waals surface area (Å²) >= 11 is 0. The number of alkyl carbamates (subject to hydrolysis) is 1. The summed E-state index contributed by atoms with van der Waals surface area (Å²) in [5, 5.41) is 2.89. The van der Waals surface area contributed by atoms with Crippen LogP contribution in [0.4, 0.5) is 4.79 Å². The summed E-state index contributed by atoms with van der Waals surface area (Å²) in [6.45, 7) is 9.60. The van der Waals surface area contributed by atoms with Crippen LogP contribution in [-0.2, 0) is 9.47 Å². The highest BCUT2D eigenvalue weighted by molar-refractivity contribution is 5.68. The van der Waals surface area contributed by atoms with E-state index in [1.165, 1.54) is 0 Å². The first-order valence-electron chi connectivity index (χ1n) is 7.74. The Morgan fingerprint density at radius 2 is 2.00 bits per heavy atom. The number of rotatable bonds is 5. The van der Waals surface area contributed by atoms with E-state index in [-0.39, 0.29) is 12.1 Å². The van der Waals surface area contributed by atoms with Gasteiger partial charge in [-0.25, -0.2) is 4.79 Å². The van der Waals surface area contributed by atoms with Gasteiger partial charge in [-0.15, -0.1) is 0 Å². The molecule has 1 heterocycles. The molecule has 1 aliphatic rings. The number of carbonyl (C=O) groups excluding carboxylic acids is 1. The van der Waals surface area contributed by atoms with Crippen LogP contribution in [0.2, 0.25) is 0 Å². The Bertz CT molecular complexity index is 325. The second-order valence-corrected chi connectivity index (χ2v) is 6.75. The van der Waals surface area contributed by atoms with Crippen molar-refractivity contribution in [2.24, 2.45) is 5.73 Å². The predicted octanol–water partition coefficient (Wildman–Crippen LogP) is 1.34. The molecule has 124 valence electrons. The third-order valence-corrected chi connectivity index (χ3v) is 3.85. The number of nitrogens with one attached hydrogen (secondary N) is 1. The summed E-state index contributed by atoms with van der Waals surface area (Å²) in [6.07, 6.45) is 1.62. The standard InChI is InChI=1S/C15H31N3O3/c1-11(17-14(19)21-15(2,3)4)13(10-16)18(5)12-6-8-20-9-7-12/h11-13H,6-10,16H2,1-5H3,(H,17,19). The lowest BCUT2D eigenvalue weighted by atomic mass is 10.0. The predicted molar refractivity (Wildman–Crippen MR) is 83.3 cm³/mol. The Balaban J connectivity index is 2.55. The van der Waals surface area contributed by atoms with Crippen molar-refractivity contribution in [1.82, 2.24) is 10.2 Å². The third kappa shape index (κ3) is 6.20. The largest absolute Gasteiger partial charge is 0.444 e. The fourth-order valence-corrected chi connectivity index (χ4v) is 2.68. The lowest BCUT2D eigenvalue weighted by Crippen LogP contribution is -2.56. The highest BCUT2D eigenvalue weighted by Crippen LogP contribution is 2.17. The van der Waals surface area contributed by atoms with Crippen molar-refractivity contribution in [2.75, 3.05) is 26.8 Å². The normalized spacial score (nSPS) is 20.1. The van der Waals surface area contributed by atoms with Gasteiger partial charge < -0.3 is 20.5 Å². The average Bonchev–Trinajstić information content (AvgIpc) is 2.38. The van der Waals surface area contributed by atoms with E-state index in [1.54, 1.807) is 0 Å². The van der Waals surface area contributed by atoms with Crippen LogP contribution in [0.25, 0.3) is 0 Å². The van der Waals surface area contributed by atoms with Crippen molar-refractivity contribution >= 4 is 6.09 Å². The van der Waals surface area contributed by atoms with E-state index in [1.807, 2.05) is 27.7 Å². The number of hydrogen-bond acceptors (Lipinski definition) is 5. The van der Waals surface area contributed by atoms with E-state index in [2.05, 4.69) is 17.3 Å². The van der Waals surface area contributed by atoms with Gasteiger partial charge in [0.1, 0.15) is 5.60 Å². The number of amides is 1. The highest BCUT2D eigenvalue weighted by Gasteiger charge is 2.29. The maximum atomic E-state index is 11.9. The summed E-state index contributed by atoms with van der Waals surface area (Å²) in [7, 11) is 2.07. The van der Waals surface area contributed by atoms with E-state index < -0.39 is 11.7 Å². The van der Waals surface area contributed by atoms with Gasteiger partial charge in [0, 0.05) is 37.9 Å². The van der Waals surface area contributed by atoms with Crippen molar-refractivity contribution in [3.63, 3.8) is 0 Å². The second-order valence-electron chi connectivity index (χ2n) is 6.75. The minimum absolute atomic E-state index is 0.0716. The summed E-state index contributed by atoms with van der Waals surface area (Å²) in [4.78, 5) is 14.1. The first kappa shape index (κ1) is 18.2.